The Morgan fingerprint density at radius 2 is 1.04 bits per heavy atom. The van der Waals surface area contributed by atoms with Crippen LogP contribution in [0.2, 0.25) is 0 Å². The van der Waals surface area contributed by atoms with Gasteiger partial charge in [0.15, 0.2) is 0 Å². The van der Waals surface area contributed by atoms with Crippen molar-refractivity contribution in [2.24, 2.45) is 5.73 Å². The Bertz CT molecular complexity index is 2780. The summed E-state index contributed by atoms with van der Waals surface area (Å²) in [7, 11) is 0. The molecule has 0 saturated heterocycles. The maximum absolute atomic E-state index is 6.32. The number of rotatable bonds is 5. The number of hydrogen-bond donors (Lipinski definition) is 1. The van der Waals surface area contributed by atoms with Crippen LogP contribution in [0, 0.1) is 0 Å². The number of hydrogen-bond acceptors (Lipinski definition) is 1. The number of para-hydroxylation sites is 1. The van der Waals surface area contributed by atoms with Crippen molar-refractivity contribution in [2.45, 2.75) is 6.92 Å². The summed E-state index contributed by atoms with van der Waals surface area (Å²) in [4.78, 5) is 0. The molecule has 9 aromatic rings. The van der Waals surface area contributed by atoms with Crippen molar-refractivity contribution in [1.82, 2.24) is 4.57 Å². The predicted molar refractivity (Wildman–Crippen MR) is 211 cm³/mol. The summed E-state index contributed by atoms with van der Waals surface area (Å²) >= 11 is 0. The Kier molecular flexibility index (Phi) is 6.88. The van der Waals surface area contributed by atoms with Crippen LogP contribution in [0.15, 0.2) is 176 Å². The van der Waals surface area contributed by atoms with Crippen LogP contribution >= 0.6 is 0 Å². The first-order valence-electron chi connectivity index (χ1n) is 16.8. The first-order valence-corrected chi connectivity index (χ1v) is 16.8. The number of nitrogens with two attached hydrogens (primary N) is 1. The molecule has 0 atom stereocenters. The van der Waals surface area contributed by atoms with Gasteiger partial charge in [-0.05, 0) is 110 Å². The zero-order chi connectivity index (χ0) is 32.9. The van der Waals surface area contributed by atoms with E-state index in [1.807, 2.05) is 25.2 Å². The second kappa shape index (κ2) is 11.7. The Morgan fingerprint density at radius 3 is 1.82 bits per heavy atom. The van der Waals surface area contributed by atoms with Crippen LogP contribution in [0.4, 0.5) is 0 Å². The van der Waals surface area contributed by atoms with Crippen LogP contribution in [0.3, 0.4) is 0 Å². The van der Waals surface area contributed by atoms with E-state index in [-0.39, 0.29) is 0 Å². The molecule has 2 nitrogen and oxygen atoms in total. The molecule has 49 heavy (non-hydrogen) atoms. The Labute approximate surface area is 285 Å². The lowest BCUT2D eigenvalue weighted by Gasteiger charge is -2.12. The lowest BCUT2D eigenvalue weighted by Crippen LogP contribution is -1.95. The fraction of sp³-hybridized carbons (Fsp3) is 0.0213. The summed E-state index contributed by atoms with van der Waals surface area (Å²) in [6.07, 6.45) is 5.90. The quantitative estimate of drug-likeness (QED) is 0.189. The summed E-state index contributed by atoms with van der Waals surface area (Å²) in [5.41, 5.74) is 16.5. The minimum absolute atomic E-state index is 0.766. The van der Waals surface area contributed by atoms with Crippen LogP contribution in [0.1, 0.15) is 12.5 Å². The average Bonchev–Trinajstić information content (AvgIpc) is 3.50. The smallest absolute Gasteiger partial charge is 0.0619 e. The van der Waals surface area contributed by atoms with Gasteiger partial charge >= 0.3 is 0 Å². The number of allylic oxidation sites excluding steroid dienone is 3. The summed E-state index contributed by atoms with van der Waals surface area (Å²) in [5, 5.41) is 9.85. The molecule has 0 aliphatic carbocycles. The molecule has 1 aromatic heterocycles. The molecule has 0 saturated carbocycles. The standard InChI is InChI=1S/C47H34N2/c1-2-3-13-45(48)40-19-18-34-27-33(16-17-36(34)29-40)37-20-23-42-39(28-37)22-25-44-43-24-21-38(35-15-14-31-9-7-8-10-32(31)26-35)30-46(43)49(47(42)44)41-11-5-4-6-12-41/h2-30H,48H2,1H3/b3-2-,45-13-. The molecule has 0 aliphatic rings. The van der Waals surface area contributed by atoms with Gasteiger partial charge in [0.25, 0.3) is 0 Å². The van der Waals surface area contributed by atoms with Crippen LogP contribution in [0.25, 0.3) is 87.8 Å². The molecule has 0 fully saturated rings. The van der Waals surface area contributed by atoms with Crippen LogP contribution in [-0.4, -0.2) is 4.57 Å². The zero-order valence-electron chi connectivity index (χ0n) is 27.3. The second-order valence-electron chi connectivity index (χ2n) is 12.8. The highest BCUT2D eigenvalue weighted by Crippen LogP contribution is 2.40. The highest BCUT2D eigenvalue weighted by molar-refractivity contribution is 6.19. The van der Waals surface area contributed by atoms with Gasteiger partial charge in [0.2, 0.25) is 0 Å². The molecule has 2 heteroatoms. The number of fused-ring (bicyclic) bond motifs is 7. The summed E-state index contributed by atoms with van der Waals surface area (Å²) in [6.45, 7) is 1.99. The first-order chi connectivity index (χ1) is 24.1. The molecule has 8 aromatic carbocycles. The van der Waals surface area contributed by atoms with Crippen molar-refractivity contribution in [2.75, 3.05) is 0 Å². The van der Waals surface area contributed by atoms with E-state index >= 15 is 0 Å². The van der Waals surface area contributed by atoms with E-state index in [1.54, 1.807) is 0 Å². The van der Waals surface area contributed by atoms with E-state index in [0.29, 0.717) is 0 Å². The summed E-state index contributed by atoms with van der Waals surface area (Å²) in [5.74, 6) is 0. The minimum atomic E-state index is 0.766. The van der Waals surface area contributed by atoms with Crippen molar-refractivity contribution in [3.63, 3.8) is 0 Å². The van der Waals surface area contributed by atoms with Gasteiger partial charge in [-0.3, -0.25) is 0 Å². The van der Waals surface area contributed by atoms with Crippen LogP contribution < -0.4 is 5.73 Å². The van der Waals surface area contributed by atoms with Gasteiger partial charge in [-0.2, -0.15) is 0 Å². The van der Waals surface area contributed by atoms with Gasteiger partial charge in [-0.15, -0.1) is 0 Å². The van der Waals surface area contributed by atoms with Gasteiger partial charge in [0, 0.05) is 27.5 Å². The van der Waals surface area contributed by atoms with Gasteiger partial charge in [0.05, 0.1) is 11.0 Å². The van der Waals surface area contributed by atoms with Gasteiger partial charge in [-0.25, -0.2) is 0 Å². The topological polar surface area (TPSA) is 30.9 Å². The molecule has 0 bridgehead atoms. The molecule has 232 valence electrons. The van der Waals surface area contributed by atoms with Crippen molar-refractivity contribution < 1.29 is 0 Å². The maximum Gasteiger partial charge on any atom is 0.0619 e. The monoisotopic (exact) mass is 626 g/mol. The fourth-order valence-corrected chi connectivity index (χ4v) is 7.31. The molecule has 1 heterocycles. The van der Waals surface area contributed by atoms with Crippen molar-refractivity contribution >= 4 is 59.8 Å². The van der Waals surface area contributed by atoms with Gasteiger partial charge in [-0.1, -0.05) is 127 Å². The lowest BCUT2D eigenvalue weighted by molar-refractivity contribution is 1.19. The molecule has 0 spiro atoms. The van der Waals surface area contributed by atoms with Crippen molar-refractivity contribution in [1.29, 1.82) is 0 Å². The van der Waals surface area contributed by atoms with Crippen LogP contribution in [0.5, 0.6) is 0 Å². The highest BCUT2D eigenvalue weighted by atomic mass is 15.0. The Hall–Kier alpha value is -6.38. The third kappa shape index (κ3) is 4.97. The Morgan fingerprint density at radius 1 is 0.490 bits per heavy atom. The molecule has 0 radical (unpaired) electrons. The van der Waals surface area contributed by atoms with E-state index in [9.17, 15) is 0 Å². The summed E-state index contributed by atoms with van der Waals surface area (Å²) < 4.78 is 2.45. The molecule has 9 rings (SSSR count). The minimum Gasteiger partial charge on any atom is -0.398 e. The van der Waals surface area contributed by atoms with E-state index in [4.69, 9.17) is 5.73 Å². The highest BCUT2D eigenvalue weighted by Gasteiger charge is 2.17. The number of nitrogens with zero attached hydrogens (tertiary/aromatic N) is 1. The fourth-order valence-electron chi connectivity index (χ4n) is 7.31. The third-order valence-electron chi connectivity index (χ3n) is 9.82. The average molecular weight is 627 g/mol. The van der Waals surface area contributed by atoms with E-state index in [1.165, 1.54) is 76.4 Å². The largest absolute Gasteiger partial charge is 0.398 e. The van der Waals surface area contributed by atoms with E-state index < -0.39 is 0 Å². The van der Waals surface area contributed by atoms with Crippen molar-refractivity contribution in [3.05, 3.63) is 182 Å². The van der Waals surface area contributed by atoms with E-state index in [2.05, 4.69) is 162 Å². The summed E-state index contributed by atoms with van der Waals surface area (Å²) in [6, 6.07) is 57.6. The SMILES string of the molecule is C/C=C\C=C(/N)c1ccc2cc(-c3ccc4c(ccc5c6ccc(-c7ccc8ccccc8c7)cc6n(-c6ccccc6)c45)c3)ccc2c1. The molecule has 0 aliphatic heterocycles. The number of aromatic nitrogens is 1. The number of benzene rings is 8. The Balaban J connectivity index is 1.19. The van der Waals surface area contributed by atoms with Gasteiger partial charge < -0.3 is 10.3 Å². The molecule has 2 N–H and O–H groups in total. The normalized spacial score (nSPS) is 12.3. The van der Waals surface area contributed by atoms with E-state index in [0.717, 1.165) is 16.9 Å². The third-order valence-corrected chi connectivity index (χ3v) is 9.82. The molecular formula is C47H34N2. The first kappa shape index (κ1) is 28.8. The second-order valence-corrected chi connectivity index (χ2v) is 12.8. The van der Waals surface area contributed by atoms with Gasteiger partial charge in [0.1, 0.15) is 0 Å². The molecule has 0 unspecified atom stereocenters. The van der Waals surface area contributed by atoms with Crippen molar-refractivity contribution in [3.8, 4) is 27.9 Å². The zero-order valence-corrected chi connectivity index (χ0v) is 27.3. The molecule has 0 amide bonds. The van der Waals surface area contributed by atoms with Crippen LogP contribution in [-0.2, 0) is 0 Å². The predicted octanol–water partition coefficient (Wildman–Crippen LogP) is 12.5. The molecular weight excluding hydrogens is 593 g/mol. The lowest BCUT2D eigenvalue weighted by atomic mass is 9.96. The maximum atomic E-state index is 6.32.